The zero-order valence-electron chi connectivity index (χ0n) is 15.9. The standard InChI is InChI=1S/C21H23NO4S/c1-12-18(14(3)23)20(16-11-27-17-8-6-5-7-15(16)17)19(13(2)22-12)21(24)26-10-9-25-4/h5-8,11,20,22H,9-10H2,1-4H3. The van der Waals surface area contributed by atoms with E-state index in [2.05, 4.69) is 5.32 Å². The Kier molecular flexibility index (Phi) is 5.77. The minimum atomic E-state index is -0.449. The molecule has 1 aliphatic rings. The molecule has 0 radical (unpaired) electrons. The van der Waals surface area contributed by atoms with E-state index in [0.29, 0.717) is 23.5 Å². The third-order valence-electron chi connectivity index (χ3n) is 4.70. The Bertz CT molecular complexity index is 954. The fourth-order valence-electron chi connectivity index (χ4n) is 3.56. The highest BCUT2D eigenvalue weighted by molar-refractivity contribution is 7.17. The Hall–Kier alpha value is -2.44. The van der Waals surface area contributed by atoms with Crippen LogP contribution in [0.5, 0.6) is 0 Å². The van der Waals surface area contributed by atoms with Crippen molar-refractivity contribution >= 4 is 33.2 Å². The van der Waals surface area contributed by atoms with Gasteiger partial charge in [0.2, 0.25) is 0 Å². The maximum atomic E-state index is 12.9. The van der Waals surface area contributed by atoms with Gasteiger partial charge in [0.1, 0.15) is 6.61 Å². The summed E-state index contributed by atoms with van der Waals surface area (Å²) in [6.45, 7) is 5.74. The predicted molar refractivity (Wildman–Crippen MR) is 107 cm³/mol. The molecule has 0 fully saturated rings. The Morgan fingerprint density at radius 2 is 1.81 bits per heavy atom. The first-order valence-electron chi connectivity index (χ1n) is 8.77. The fourth-order valence-corrected chi connectivity index (χ4v) is 4.55. The van der Waals surface area contributed by atoms with Gasteiger partial charge < -0.3 is 14.8 Å². The third kappa shape index (κ3) is 3.68. The lowest BCUT2D eigenvalue weighted by Crippen LogP contribution is -2.31. The molecule has 1 aliphatic heterocycles. The van der Waals surface area contributed by atoms with E-state index in [1.54, 1.807) is 18.4 Å². The van der Waals surface area contributed by atoms with Crippen molar-refractivity contribution in [3.8, 4) is 0 Å². The lowest BCUT2D eigenvalue weighted by atomic mass is 9.79. The van der Waals surface area contributed by atoms with Crippen LogP contribution in [0.15, 0.2) is 52.2 Å². The molecule has 0 aliphatic carbocycles. The van der Waals surface area contributed by atoms with Gasteiger partial charge in [0.25, 0.3) is 0 Å². The van der Waals surface area contributed by atoms with E-state index < -0.39 is 11.9 Å². The molecule has 3 rings (SSSR count). The molecule has 142 valence electrons. The SMILES string of the molecule is COCCOC(=O)C1=C(C)NC(C)=C(C(C)=O)C1c1csc2ccccc12. The van der Waals surface area contributed by atoms with Crippen LogP contribution in [0.3, 0.4) is 0 Å². The van der Waals surface area contributed by atoms with Crippen molar-refractivity contribution in [3.63, 3.8) is 0 Å². The van der Waals surface area contributed by atoms with Crippen molar-refractivity contribution in [2.75, 3.05) is 20.3 Å². The number of carbonyl (C=O) groups excluding carboxylic acids is 2. The van der Waals surface area contributed by atoms with Gasteiger partial charge in [0, 0.05) is 34.7 Å². The number of fused-ring (bicyclic) bond motifs is 1. The largest absolute Gasteiger partial charge is 0.460 e. The maximum Gasteiger partial charge on any atom is 0.336 e. The molecule has 2 aromatic rings. The Morgan fingerprint density at radius 3 is 2.52 bits per heavy atom. The highest BCUT2D eigenvalue weighted by atomic mass is 32.1. The van der Waals surface area contributed by atoms with E-state index in [9.17, 15) is 9.59 Å². The Morgan fingerprint density at radius 1 is 1.11 bits per heavy atom. The first-order valence-corrected chi connectivity index (χ1v) is 9.65. The van der Waals surface area contributed by atoms with Crippen molar-refractivity contribution in [2.45, 2.75) is 26.7 Å². The van der Waals surface area contributed by atoms with Crippen molar-refractivity contribution in [3.05, 3.63) is 57.7 Å². The summed E-state index contributed by atoms with van der Waals surface area (Å²) >= 11 is 1.61. The van der Waals surface area contributed by atoms with E-state index >= 15 is 0 Å². The van der Waals surface area contributed by atoms with E-state index in [1.165, 1.54) is 6.92 Å². The number of carbonyl (C=O) groups is 2. The van der Waals surface area contributed by atoms with Crippen molar-refractivity contribution in [1.29, 1.82) is 0 Å². The van der Waals surface area contributed by atoms with Gasteiger partial charge in [0.15, 0.2) is 5.78 Å². The lowest BCUT2D eigenvalue weighted by molar-refractivity contribution is -0.140. The summed E-state index contributed by atoms with van der Waals surface area (Å²) < 4.78 is 11.5. The molecule has 6 heteroatoms. The minimum Gasteiger partial charge on any atom is -0.460 e. The number of hydrogen-bond acceptors (Lipinski definition) is 6. The van der Waals surface area contributed by atoms with Gasteiger partial charge in [-0.2, -0.15) is 0 Å². The summed E-state index contributed by atoms with van der Waals surface area (Å²) in [7, 11) is 1.56. The number of thiophene rings is 1. The van der Waals surface area contributed by atoms with E-state index in [-0.39, 0.29) is 12.4 Å². The number of allylic oxidation sites excluding steroid dienone is 3. The van der Waals surface area contributed by atoms with Crippen LogP contribution in [-0.2, 0) is 19.1 Å². The molecule has 0 spiro atoms. The van der Waals surface area contributed by atoms with Crippen LogP contribution in [0.2, 0.25) is 0 Å². The molecule has 5 nitrogen and oxygen atoms in total. The molecule has 0 amide bonds. The van der Waals surface area contributed by atoms with Crippen LogP contribution >= 0.6 is 11.3 Å². The van der Waals surface area contributed by atoms with E-state index in [4.69, 9.17) is 9.47 Å². The van der Waals surface area contributed by atoms with Crippen molar-refractivity contribution in [1.82, 2.24) is 5.32 Å². The van der Waals surface area contributed by atoms with Crippen LogP contribution in [0.25, 0.3) is 10.1 Å². The van der Waals surface area contributed by atoms with Gasteiger partial charge in [-0.25, -0.2) is 4.79 Å². The van der Waals surface area contributed by atoms with Crippen LogP contribution in [0, 0.1) is 0 Å². The predicted octanol–water partition coefficient (Wildman–Crippen LogP) is 3.91. The summed E-state index contributed by atoms with van der Waals surface area (Å²) in [4.78, 5) is 25.4. The maximum absolute atomic E-state index is 12.9. The second-order valence-corrected chi connectivity index (χ2v) is 7.42. The second-order valence-electron chi connectivity index (χ2n) is 6.51. The van der Waals surface area contributed by atoms with E-state index in [1.807, 2.05) is 43.5 Å². The summed E-state index contributed by atoms with van der Waals surface area (Å²) in [6, 6.07) is 8.02. The zero-order chi connectivity index (χ0) is 19.6. The number of rotatable bonds is 6. The Labute approximate surface area is 162 Å². The number of esters is 1. The highest BCUT2D eigenvalue weighted by Gasteiger charge is 2.37. The molecule has 1 unspecified atom stereocenters. The number of hydrogen-bond donors (Lipinski definition) is 1. The molecule has 0 saturated heterocycles. The number of Topliss-reactive ketones (excluding diaryl/α,β-unsaturated/α-hetero) is 1. The van der Waals surface area contributed by atoms with E-state index in [0.717, 1.165) is 21.3 Å². The lowest BCUT2D eigenvalue weighted by Gasteiger charge is -2.30. The number of nitrogens with one attached hydrogen (secondary N) is 1. The first-order chi connectivity index (χ1) is 13.0. The number of methoxy groups -OCH3 is 1. The molecule has 1 aromatic heterocycles. The Balaban J connectivity index is 2.14. The van der Waals surface area contributed by atoms with Crippen LogP contribution < -0.4 is 5.32 Å². The van der Waals surface area contributed by atoms with Crippen molar-refractivity contribution < 1.29 is 19.1 Å². The van der Waals surface area contributed by atoms with Gasteiger partial charge in [-0.05, 0) is 43.2 Å². The molecule has 27 heavy (non-hydrogen) atoms. The topological polar surface area (TPSA) is 64.6 Å². The zero-order valence-corrected chi connectivity index (χ0v) is 16.7. The quantitative estimate of drug-likeness (QED) is 0.603. The number of benzene rings is 1. The number of dihydropyridines is 1. The van der Waals surface area contributed by atoms with Crippen LogP contribution in [0.4, 0.5) is 0 Å². The van der Waals surface area contributed by atoms with Crippen LogP contribution in [-0.4, -0.2) is 32.1 Å². The highest BCUT2D eigenvalue weighted by Crippen LogP contribution is 2.43. The average molecular weight is 385 g/mol. The summed E-state index contributed by atoms with van der Waals surface area (Å²) in [5.74, 6) is -0.937. The average Bonchev–Trinajstić information content (AvgIpc) is 3.04. The third-order valence-corrected chi connectivity index (χ3v) is 5.68. The molecule has 2 heterocycles. The fraction of sp³-hybridized carbons (Fsp3) is 0.333. The molecular formula is C21H23NO4S. The van der Waals surface area contributed by atoms with Gasteiger partial charge in [-0.3, -0.25) is 4.79 Å². The molecular weight excluding hydrogens is 362 g/mol. The smallest absolute Gasteiger partial charge is 0.336 e. The molecule has 0 saturated carbocycles. The van der Waals surface area contributed by atoms with Crippen molar-refractivity contribution in [2.24, 2.45) is 0 Å². The normalized spacial score (nSPS) is 17.3. The molecule has 1 N–H and O–H groups in total. The first kappa shape index (κ1) is 19.3. The van der Waals surface area contributed by atoms with Gasteiger partial charge >= 0.3 is 5.97 Å². The molecule has 0 bridgehead atoms. The number of ketones is 1. The molecule has 1 atom stereocenters. The van der Waals surface area contributed by atoms with Gasteiger partial charge in [-0.15, -0.1) is 11.3 Å². The van der Waals surface area contributed by atoms with Gasteiger partial charge in [-0.1, -0.05) is 18.2 Å². The van der Waals surface area contributed by atoms with Crippen LogP contribution in [0.1, 0.15) is 32.3 Å². The summed E-state index contributed by atoms with van der Waals surface area (Å²) in [6.07, 6.45) is 0. The monoisotopic (exact) mass is 385 g/mol. The minimum absolute atomic E-state index is 0.0602. The summed E-state index contributed by atoms with van der Waals surface area (Å²) in [5, 5.41) is 6.27. The number of ether oxygens (including phenoxy) is 2. The van der Waals surface area contributed by atoms with Gasteiger partial charge in [0.05, 0.1) is 12.2 Å². The molecule has 1 aromatic carbocycles. The summed E-state index contributed by atoms with van der Waals surface area (Å²) in [5.41, 5.74) is 3.52. The second kappa shape index (κ2) is 8.06.